The summed E-state index contributed by atoms with van der Waals surface area (Å²) in [7, 11) is 0. The van der Waals surface area contributed by atoms with Crippen molar-refractivity contribution in [2.24, 2.45) is 5.92 Å². The predicted molar refractivity (Wildman–Crippen MR) is 108 cm³/mol. The van der Waals surface area contributed by atoms with Crippen molar-refractivity contribution in [1.29, 1.82) is 0 Å². The van der Waals surface area contributed by atoms with Crippen LogP contribution in [0.5, 0.6) is 5.88 Å². The Hall–Kier alpha value is -3.23. The third-order valence-electron chi connectivity index (χ3n) is 4.54. The Balaban J connectivity index is 1.49. The molecule has 2 N–H and O–H groups in total. The Bertz CT molecular complexity index is 906. The fourth-order valence-corrected chi connectivity index (χ4v) is 3.07. The minimum atomic E-state index is -0.820. The zero-order valence-corrected chi connectivity index (χ0v) is 16.8. The second kappa shape index (κ2) is 9.51. The van der Waals surface area contributed by atoms with Crippen LogP contribution in [0.4, 0.5) is 20.2 Å². The van der Waals surface area contributed by atoms with Crippen molar-refractivity contribution in [3.8, 4) is 5.88 Å². The Labute approximate surface area is 173 Å². The van der Waals surface area contributed by atoms with Crippen LogP contribution in [0.25, 0.3) is 0 Å². The van der Waals surface area contributed by atoms with Crippen LogP contribution in [-0.4, -0.2) is 42.5 Å². The van der Waals surface area contributed by atoms with Gasteiger partial charge in [-0.2, -0.15) is 0 Å². The minimum Gasteiger partial charge on any atom is -0.477 e. The van der Waals surface area contributed by atoms with Gasteiger partial charge in [0.25, 0.3) is 0 Å². The molecule has 1 saturated heterocycles. The number of benzene rings is 1. The highest BCUT2D eigenvalue weighted by Gasteiger charge is 2.27. The first-order valence-electron chi connectivity index (χ1n) is 9.72. The molecule has 0 saturated carbocycles. The normalized spacial score (nSPS) is 15.9. The molecule has 0 aliphatic carbocycles. The molecule has 1 unspecified atom stereocenters. The van der Waals surface area contributed by atoms with Crippen molar-refractivity contribution in [3.05, 3.63) is 48.2 Å². The number of nitrogens with one attached hydrogen (secondary N) is 2. The molecule has 0 spiro atoms. The average molecular weight is 418 g/mol. The molecule has 7 nitrogen and oxygen atoms in total. The lowest BCUT2D eigenvalue weighted by Crippen LogP contribution is -2.43. The number of pyridine rings is 1. The molecule has 1 atom stereocenters. The van der Waals surface area contributed by atoms with Gasteiger partial charge in [-0.15, -0.1) is 0 Å². The molecule has 9 heteroatoms. The summed E-state index contributed by atoms with van der Waals surface area (Å²) in [5.74, 6) is -2.12. The van der Waals surface area contributed by atoms with Gasteiger partial charge in [-0.3, -0.25) is 9.59 Å². The molecule has 1 aromatic carbocycles. The van der Waals surface area contributed by atoms with Gasteiger partial charge in [0.05, 0.1) is 24.2 Å². The van der Waals surface area contributed by atoms with E-state index in [1.54, 1.807) is 17.0 Å². The summed E-state index contributed by atoms with van der Waals surface area (Å²) in [4.78, 5) is 30.1. The highest BCUT2D eigenvalue weighted by Crippen LogP contribution is 2.24. The Morgan fingerprint density at radius 2 is 2.03 bits per heavy atom. The Morgan fingerprint density at radius 1 is 1.23 bits per heavy atom. The molecule has 0 bridgehead atoms. The second-order valence-electron chi connectivity index (χ2n) is 7.54. The molecule has 30 heavy (non-hydrogen) atoms. The Morgan fingerprint density at radius 3 is 2.70 bits per heavy atom. The molecule has 2 amide bonds. The number of hydrogen-bond acceptors (Lipinski definition) is 5. The number of rotatable bonds is 6. The van der Waals surface area contributed by atoms with Gasteiger partial charge in [-0.25, -0.2) is 13.8 Å². The molecule has 1 aromatic heterocycles. The number of carbonyl (C=O) groups is 2. The molecule has 0 radical (unpaired) electrons. The lowest BCUT2D eigenvalue weighted by molar-refractivity contribution is -0.136. The summed E-state index contributed by atoms with van der Waals surface area (Å²) < 4.78 is 32.5. The van der Waals surface area contributed by atoms with Crippen molar-refractivity contribution >= 4 is 23.2 Å². The van der Waals surface area contributed by atoms with Crippen molar-refractivity contribution in [2.75, 3.05) is 29.9 Å². The number of aromatic nitrogens is 1. The fraction of sp³-hybridized carbons (Fsp3) is 0.381. The molecular formula is C21H24F2N4O3. The highest BCUT2D eigenvalue weighted by atomic mass is 19.1. The van der Waals surface area contributed by atoms with Gasteiger partial charge in [-0.1, -0.05) is 13.8 Å². The monoisotopic (exact) mass is 418 g/mol. The molecule has 3 rings (SSSR count). The number of ether oxygens (including phenoxy) is 1. The number of anilines is 2. The predicted octanol–water partition coefficient (Wildman–Crippen LogP) is 2.73. The first-order valence-corrected chi connectivity index (χ1v) is 9.72. The van der Waals surface area contributed by atoms with E-state index in [0.717, 1.165) is 6.07 Å². The average Bonchev–Trinajstić information content (AvgIpc) is 3.15. The first-order chi connectivity index (χ1) is 14.3. The van der Waals surface area contributed by atoms with E-state index in [1.807, 2.05) is 13.8 Å². The van der Waals surface area contributed by atoms with Crippen LogP contribution in [0.2, 0.25) is 0 Å². The number of halogens is 2. The van der Waals surface area contributed by atoms with Crippen LogP contribution in [-0.2, 0) is 9.59 Å². The lowest BCUT2D eigenvalue weighted by Gasteiger charge is -2.19. The number of nitrogens with zero attached hydrogens (tertiary/aromatic N) is 2. The second-order valence-corrected chi connectivity index (χ2v) is 7.54. The van der Waals surface area contributed by atoms with Crippen LogP contribution in [0.1, 0.15) is 20.3 Å². The van der Waals surface area contributed by atoms with Crippen LogP contribution in [0.3, 0.4) is 0 Å². The number of hydrogen-bond donors (Lipinski definition) is 2. The van der Waals surface area contributed by atoms with E-state index in [4.69, 9.17) is 4.74 Å². The summed E-state index contributed by atoms with van der Waals surface area (Å²) in [6.07, 6.45) is 1.95. The van der Waals surface area contributed by atoms with Crippen LogP contribution in [0, 0.1) is 17.6 Å². The summed E-state index contributed by atoms with van der Waals surface area (Å²) in [6.45, 7) is 5.38. The summed E-state index contributed by atoms with van der Waals surface area (Å²) in [5, 5.41) is 5.12. The van der Waals surface area contributed by atoms with E-state index in [1.165, 1.54) is 18.3 Å². The SMILES string of the molecule is CC(C)COc1ccc(NC(=O)C(=O)NC2CCN(c3ccc(F)cc3F)C2)cn1. The minimum absolute atomic E-state index is 0.267. The van der Waals surface area contributed by atoms with Gasteiger partial charge in [0.2, 0.25) is 5.88 Å². The lowest BCUT2D eigenvalue weighted by atomic mass is 10.2. The number of carbonyl (C=O) groups excluding carboxylic acids is 2. The van der Waals surface area contributed by atoms with Crippen molar-refractivity contribution in [2.45, 2.75) is 26.3 Å². The molecule has 1 fully saturated rings. The van der Waals surface area contributed by atoms with Crippen molar-refractivity contribution in [3.63, 3.8) is 0 Å². The topological polar surface area (TPSA) is 83.6 Å². The molecular weight excluding hydrogens is 394 g/mol. The van der Waals surface area contributed by atoms with E-state index < -0.39 is 23.4 Å². The fourth-order valence-electron chi connectivity index (χ4n) is 3.07. The molecule has 2 aromatic rings. The van der Waals surface area contributed by atoms with Gasteiger partial charge < -0.3 is 20.3 Å². The largest absolute Gasteiger partial charge is 0.477 e. The Kier molecular flexibility index (Phi) is 6.81. The highest BCUT2D eigenvalue weighted by molar-refractivity contribution is 6.39. The molecule has 1 aliphatic heterocycles. The van der Waals surface area contributed by atoms with Crippen molar-refractivity contribution in [1.82, 2.24) is 10.3 Å². The van der Waals surface area contributed by atoms with E-state index in [-0.39, 0.29) is 11.7 Å². The van der Waals surface area contributed by atoms with Gasteiger partial charge >= 0.3 is 11.8 Å². The quantitative estimate of drug-likeness (QED) is 0.705. The summed E-state index contributed by atoms with van der Waals surface area (Å²) in [5.41, 5.74) is 0.636. The zero-order chi connectivity index (χ0) is 21.7. The van der Waals surface area contributed by atoms with Gasteiger partial charge in [0.1, 0.15) is 11.6 Å². The smallest absolute Gasteiger partial charge is 0.313 e. The maximum Gasteiger partial charge on any atom is 0.313 e. The van der Waals surface area contributed by atoms with Gasteiger partial charge in [0, 0.05) is 31.3 Å². The van der Waals surface area contributed by atoms with Crippen LogP contribution < -0.4 is 20.3 Å². The number of amides is 2. The summed E-state index contributed by atoms with van der Waals surface area (Å²) in [6, 6.07) is 6.26. The molecule has 2 heterocycles. The third kappa shape index (κ3) is 5.65. The maximum atomic E-state index is 13.9. The van der Waals surface area contributed by atoms with E-state index in [2.05, 4.69) is 15.6 Å². The first kappa shape index (κ1) is 21.5. The standard InChI is InChI=1S/C21H24F2N4O3/c1-13(2)12-30-19-6-4-15(10-24-19)25-20(28)21(29)26-16-7-8-27(11-16)18-5-3-14(22)9-17(18)23/h3-6,9-10,13,16H,7-8,11-12H2,1-2H3,(H,25,28)(H,26,29). The van der Waals surface area contributed by atoms with Gasteiger partial charge in [-0.05, 0) is 30.5 Å². The van der Waals surface area contributed by atoms with Gasteiger partial charge in [0.15, 0.2) is 0 Å². The molecule has 1 aliphatic rings. The summed E-state index contributed by atoms with van der Waals surface area (Å²) >= 11 is 0. The maximum absolute atomic E-state index is 13.9. The third-order valence-corrected chi connectivity index (χ3v) is 4.54. The zero-order valence-electron chi connectivity index (χ0n) is 16.8. The van der Waals surface area contributed by atoms with Crippen LogP contribution in [0.15, 0.2) is 36.5 Å². The molecule has 160 valence electrons. The van der Waals surface area contributed by atoms with E-state index in [9.17, 15) is 18.4 Å². The van der Waals surface area contributed by atoms with Crippen molar-refractivity contribution < 1.29 is 23.1 Å². The van der Waals surface area contributed by atoms with Crippen LogP contribution >= 0.6 is 0 Å². The van der Waals surface area contributed by atoms with E-state index in [0.29, 0.717) is 43.6 Å². The van der Waals surface area contributed by atoms with E-state index >= 15 is 0 Å².